The summed E-state index contributed by atoms with van der Waals surface area (Å²) in [5, 5.41) is 2.40. The van der Waals surface area contributed by atoms with E-state index in [-0.39, 0.29) is 12.5 Å². The molecule has 0 aliphatic heterocycles. The highest BCUT2D eigenvalue weighted by Crippen LogP contribution is 2.14. The molecule has 0 radical (unpaired) electrons. The first-order chi connectivity index (χ1) is 8.52. The molecular formula is C11H13NO5S. The van der Waals surface area contributed by atoms with E-state index in [0.29, 0.717) is 4.88 Å². The Morgan fingerprint density at radius 1 is 1.28 bits per heavy atom. The van der Waals surface area contributed by atoms with Crippen molar-refractivity contribution in [2.45, 2.75) is 6.92 Å². The number of rotatable bonds is 5. The summed E-state index contributed by atoms with van der Waals surface area (Å²) in [6, 6.07) is 3.49. The van der Waals surface area contributed by atoms with Crippen molar-refractivity contribution < 1.29 is 23.9 Å². The zero-order valence-electron chi connectivity index (χ0n) is 10.0. The molecule has 7 heteroatoms. The van der Waals surface area contributed by atoms with Crippen LogP contribution < -0.4 is 5.32 Å². The second kappa shape index (κ2) is 6.75. The first kappa shape index (κ1) is 14.2. The van der Waals surface area contributed by atoms with E-state index in [2.05, 4.69) is 14.8 Å². The maximum atomic E-state index is 11.6. The lowest BCUT2D eigenvalue weighted by Crippen LogP contribution is -2.31. The number of carbonyl (C=O) groups excluding carboxylic acids is 3. The molecule has 1 amide bonds. The molecular weight excluding hydrogens is 258 g/mol. The van der Waals surface area contributed by atoms with Gasteiger partial charge >= 0.3 is 11.9 Å². The molecule has 1 N–H and O–H groups in total. The summed E-state index contributed by atoms with van der Waals surface area (Å²) in [7, 11) is 1.19. The van der Waals surface area contributed by atoms with Crippen LogP contribution in [0.15, 0.2) is 12.1 Å². The summed E-state index contributed by atoms with van der Waals surface area (Å²) in [6.45, 7) is 1.14. The molecule has 0 unspecified atom stereocenters. The molecule has 0 fully saturated rings. The molecule has 0 spiro atoms. The number of nitrogens with one attached hydrogen (secondary N) is 1. The van der Waals surface area contributed by atoms with Crippen molar-refractivity contribution in [1.29, 1.82) is 0 Å². The first-order valence-corrected chi connectivity index (χ1v) is 5.91. The number of methoxy groups -OCH3 is 1. The van der Waals surface area contributed by atoms with Crippen LogP contribution in [-0.4, -0.2) is 38.1 Å². The van der Waals surface area contributed by atoms with Gasteiger partial charge in [-0.3, -0.25) is 9.59 Å². The molecule has 0 aromatic carbocycles. The van der Waals surface area contributed by atoms with Gasteiger partial charge in [0.25, 0.3) is 5.91 Å². The highest BCUT2D eigenvalue weighted by molar-refractivity contribution is 7.13. The number of hydrogen-bond donors (Lipinski definition) is 1. The van der Waals surface area contributed by atoms with Gasteiger partial charge in [0.05, 0.1) is 12.0 Å². The van der Waals surface area contributed by atoms with E-state index >= 15 is 0 Å². The van der Waals surface area contributed by atoms with Crippen LogP contribution in [0.3, 0.4) is 0 Å². The van der Waals surface area contributed by atoms with Gasteiger partial charge in [0, 0.05) is 4.88 Å². The number of amides is 1. The minimum Gasteiger partial charge on any atom is -0.466 e. The average Bonchev–Trinajstić information content (AvgIpc) is 2.79. The fourth-order valence-electron chi connectivity index (χ4n) is 1.05. The lowest BCUT2D eigenvalue weighted by atomic mass is 10.4. The topological polar surface area (TPSA) is 81.7 Å². The third-order valence-electron chi connectivity index (χ3n) is 1.94. The molecule has 6 nitrogen and oxygen atoms in total. The maximum absolute atomic E-state index is 11.6. The van der Waals surface area contributed by atoms with Gasteiger partial charge in [-0.1, -0.05) is 0 Å². The Morgan fingerprint density at radius 2 is 2.00 bits per heavy atom. The van der Waals surface area contributed by atoms with Crippen molar-refractivity contribution in [1.82, 2.24) is 5.32 Å². The molecule has 1 aromatic heterocycles. The van der Waals surface area contributed by atoms with Gasteiger partial charge in [-0.05, 0) is 19.1 Å². The van der Waals surface area contributed by atoms with Gasteiger partial charge in [-0.15, -0.1) is 11.3 Å². The monoisotopic (exact) mass is 271 g/mol. The smallest absolute Gasteiger partial charge is 0.344 e. The summed E-state index contributed by atoms with van der Waals surface area (Å²) >= 11 is 1.33. The van der Waals surface area contributed by atoms with Crippen molar-refractivity contribution in [2.75, 3.05) is 20.3 Å². The Kier molecular flexibility index (Phi) is 5.31. The molecule has 0 bridgehead atoms. The van der Waals surface area contributed by atoms with Crippen LogP contribution in [-0.2, 0) is 19.1 Å². The molecule has 1 aromatic rings. The average molecular weight is 271 g/mol. The van der Waals surface area contributed by atoms with Gasteiger partial charge in [-0.25, -0.2) is 4.79 Å². The van der Waals surface area contributed by atoms with Crippen molar-refractivity contribution >= 4 is 29.2 Å². The maximum Gasteiger partial charge on any atom is 0.344 e. The van der Waals surface area contributed by atoms with Crippen molar-refractivity contribution in [3.8, 4) is 0 Å². The number of esters is 2. The second-order valence-electron chi connectivity index (χ2n) is 3.33. The van der Waals surface area contributed by atoms with Crippen LogP contribution >= 0.6 is 11.3 Å². The summed E-state index contributed by atoms with van der Waals surface area (Å²) in [5.41, 5.74) is 0. The summed E-state index contributed by atoms with van der Waals surface area (Å²) in [5.74, 6) is -1.69. The van der Waals surface area contributed by atoms with Crippen molar-refractivity contribution in [2.24, 2.45) is 0 Å². The Morgan fingerprint density at radius 3 is 2.56 bits per heavy atom. The van der Waals surface area contributed by atoms with E-state index in [1.54, 1.807) is 6.07 Å². The van der Waals surface area contributed by atoms with Gasteiger partial charge in [0.15, 0.2) is 6.61 Å². The molecule has 18 heavy (non-hydrogen) atoms. The van der Waals surface area contributed by atoms with Crippen LogP contribution in [0.25, 0.3) is 0 Å². The number of carbonyl (C=O) groups is 3. The lowest BCUT2D eigenvalue weighted by Gasteiger charge is -2.04. The molecule has 0 saturated heterocycles. The fraction of sp³-hybridized carbons (Fsp3) is 0.364. The summed E-state index contributed by atoms with van der Waals surface area (Å²) in [4.78, 5) is 34.9. The standard InChI is InChI=1S/C11H13NO5S/c1-7-3-4-8(18-7)11(15)12-5-9(13)17-6-10(14)16-2/h3-4H,5-6H2,1-2H3,(H,12,15). The minimum absolute atomic E-state index is 0.285. The molecule has 0 saturated carbocycles. The zero-order valence-corrected chi connectivity index (χ0v) is 10.8. The third-order valence-corrected chi connectivity index (χ3v) is 2.94. The Labute approximate surface area is 108 Å². The molecule has 0 aliphatic rings. The lowest BCUT2D eigenvalue weighted by molar-refractivity contribution is -0.156. The molecule has 1 rings (SSSR count). The van der Waals surface area contributed by atoms with E-state index in [1.165, 1.54) is 18.4 Å². The van der Waals surface area contributed by atoms with Crippen molar-refractivity contribution in [3.63, 3.8) is 0 Å². The molecule has 1 heterocycles. The van der Waals surface area contributed by atoms with Crippen LogP contribution in [0.2, 0.25) is 0 Å². The molecule has 98 valence electrons. The van der Waals surface area contributed by atoms with Gasteiger partial charge in [-0.2, -0.15) is 0 Å². The fourth-order valence-corrected chi connectivity index (χ4v) is 1.83. The minimum atomic E-state index is -0.693. The third kappa shape index (κ3) is 4.54. The normalized spacial score (nSPS) is 9.67. The van der Waals surface area contributed by atoms with Crippen LogP contribution in [0.1, 0.15) is 14.5 Å². The predicted octanol–water partition coefficient (Wildman–Crippen LogP) is 0.503. The van der Waals surface area contributed by atoms with Gasteiger partial charge < -0.3 is 14.8 Å². The van der Waals surface area contributed by atoms with Crippen molar-refractivity contribution in [3.05, 3.63) is 21.9 Å². The quantitative estimate of drug-likeness (QED) is 0.789. The first-order valence-electron chi connectivity index (χ1n) is 5.10. The Bertz CT molecular complexity index is 454. The largest absolute Gasteiger partial charge is 0.466 e. The van der Waals surface area contributed by atoms with Crippen LogP contribution in [0.5, 0.6) is 0 Å². The molecule has 0 aliphatic carbocycles. The van der Waals surface area contributed by atoms with Gasteiger partial charge in [0.2, 0.25) is 0 Å². The Balaban J connectivity index is 2.30. The van der Waals surface area contributed by atoms with E-state index < -0.39 is 18.5 Å². The van der Waals surface area contributed by atoms with E-state index in [9.17, 15) is 14.4 Å². The van der Waals surface area contributed by atoms with Gasteiger partial charge in [0.1, 0.15) is 6.54 Å². The Hall–Kier alpha value is -1.89. The number of ether oxygens (including phenoxy) is 2. The van der Waals surface area contributed by atoms with Crippen LogP contribution in [0.4, 0.5) is 0 Å². The number of thiophene rings is 1. The van der Waals surface area contributed by atoms with E-state index in [1.807, 2.05) is 13.0 Å². The van der Waals surface area contributed by atoms with E-state index in [0.717, 1.165) is 4.88 Å². The highest BCUT2D eigenvalue weighted by atomic mass is 32.1. The summed E-state index contributed by atoms with van der Waals surface area (Å²) < 4.78 is 8.86. The second-order valence-corrected chi connectivity index (χ2v) is 4.62. The summed E-state index contributed by atoms with van der Waals surface area (Å²) in [6.07, 6.45) is 0. The predicted molar refractivity (Wildman–Crippen MR) is 64.4 cm³/mol. The number of hydrogen-bond acceptors (Lipinski definition) is 6. The van der Waals surface area contributed by atoms with Crippen LogP contribution in [0, 0.1) is 6.92 Å². The highest BCUT2D eigenvalue weighted by Gasteiger charge is 2.11. The molecule has 0 atom stereocenters. The zero-order chi connectivity index (χ0) is 13.5. The van der Waals surface area contributed by atoms with E-state index in [4.69, 9.17) is 0 Å². The SMILES string of the molecule is COC(=O)COC(=O)CNC(=O)c1ccc(C)s1. The number of aryl methyl sites for hydroxylation is 1.